The molecule has 3 aromatic carbocycles. The van der Waals surface area contributed by atoms with E-state index in [1.165, 1.54) is 6.92 Å². The monoisotopic (exact) mass is 413 g/mol. The molecule has 0 aliphatic heterocycles. The first-order chi connectivity index (χ1) is 15.0. The zero-order chi connectivity index (χ0) is 21.8. The third-order valence-corrected chi connectivity index (χ3v) is 4.96. The highest BCUT2D eigenvalue weighted by molar-refractivity contribution is 5.92. The Morgan fingerprint density at radius 2 is 1.68 bits per heavy atom. The number of aryl methyl sites for hydroxylation is 1. The van der Waals surface area contributed by atoms with Gasteiger partial charge in [0.2, 0.25) is 17.7 Å². The number of carbonyl (C=O) groups is 2. The summed E-state index contributed by atoms with van der Waals surface area (Å²) in [4.78, 5) is 28.7. The van der Waals surface area contributed by atoms with Crippen molar-refractivity contribution in [1.82, 2.24) is 10.3 Å². The highest BCUT2D eigenvalue weighted by Crippen LogP contribution is 2.25. The van der Waals surface area contributed by atoms with Gasteiger partial charge in [-0.25, -0.2) is 4.98 Å². The second-order valence-corrected chi connectivity index (χ2v) is 7.48. The number of nitrogens with zero attached hydrogens (tertiary/aromatic N) is 1. The van der Waals surface area contributed by atoms with E-state index in [9.17, 15) is 9.59 Å². The fourth-order valence-corrected chi connectivity index (χ4v) is 3.39. The standard InChI is InChI=1S/C25H23N3O3/c1-16-7-9-18(10-8-16)22(26-17(2)29)15-24(30)27-20-13-11-19(12-14-20)25-28-21-5-3-4-6-23(21)31-25/h3-14,22H,15H2,1-2H3,(H,26,29)(H,27,30)/t22-/m0/s1. The summed E-state index contributed by atoms with van der Waals surface area (Å²) in [5, 5.41) is 5.75. The van der Waals surface area contributed by atoms with Crippen LogP contribution in [0.4, 0.5) is 5.69 Å². The number of hydrogen-bond donors (Lipinski definition) is 2. The molecule has 0 spiro atoms. The quantitative estimate of drug-likeness (QED) is 0.465. The number of nitrogens with one attached hydrogen (secondary N) is 2. The first kappa shape index (κ1) is 20.3. The molecule has 0 saturated carbocycles. The van der Waals surface area contributed by atoms with E-state index >= 15 is 0 Å². The maximum Gasteiger partial charge on any atom is 0.227 e. The van der Waals surface area contributed by atoms with Crippen LogP contribution in [-0.2, 0) is 9.59 Å². The van der Waals surface area contributed by atoms with Crippen LogP contribution < -0.4 is 10.6 Å². The van der Waals surface area contributed by atoms with Gasteiger partial charge in [-0.3, -0.25) is 9.59 Å². The van der Waals surface area contributed by atoms with Gasteiger partial charge in [-0.2, -0.15) is 0 Å². The number of amides is 2. The van der Waals surface area contributed by atoms with E-state index in [4.69, 9.17) is 4.42 Å². The van der Waals surface area contributed by atoms with Crippen molar-refractivity contribution < 1.29 is 14.0 Å². The Balaban J connectivity index is 1.44. The van der Waals surface area contributed by atoms with Gasteiger partial charge in [0, 0.05) is 18.2 Å². The zero-order valence-corrected chi connectivity index (χ0v) is 17.4. The first-order valence-corrected chi connectivity index (χ1v) is 10.1. The van der Waals surface area contributed by atoms with Crippen molar-refractivity contribution >= 4 is 28.6 Å². The van der Waals surface area contributed by atoms with Crippen LogP contribution in [-0.4, -0.2) is 16.8 Å². The average molecular weight is 413 g/mol. The Kier molecular flexibility index (Phi) is 5.80. The smallest absolute Gasteiger partial charge is 0.227 e. The molecular weight excluding hydrogens is 390 g/mol. The molecule has 156 valence electrons. The van der Waals surface area contributed by atoms with Gasteiger partial charge in [-0.05, 0) is 48.9 Å². The Morgan fingerprint density at radius 1 is 0.968 bits per heavy atom. The molecule has 1 heterocycles. The Morgan fingerprint density at radius 3 is 2.35 bits per heavy atom. The van der Waals surface area contributed by atoms with Crippen molar-refractivity contribution in [1.29, 1.82) is 0 Å². The van der Waals surface area contributed by atoms with Crippen LogP contribution in [0.2, 0.25) is 0 Å². The van der Waals surface area contributed by atoms with Crippen LogP contribution in [0.25, 0.3) is 22.6 Å². The number of para-hydroxylation sites is 2. The second kappa shape index (κ2) is 8.83. The number of fused-ring (bicyclic) bond motifs is 1. The summed E-state index contributed by atoms with van der Waals surface area (Å²) < 4.78 is 5.78. The summed E-state index contributed by atoms with van der Waals surface area (Å²) in [6.45, 7) is 3.44. The number of rotatable bonds is 6. The fraction of sp³-hybridized carbons (Fsp3) is 0.160. The lowest BCUT2D eigenvalue weighted by molar-refractivity contribution is -0.120. The molecule has 4 rings (SSSR count). The normalized spacial score (nSPS) is 11.8. The number of benzene rings is 3. The lowest BCUT2D eigenvalue weighted by Crippen LogP contribution is -2.29. The van der Waals surface area contributed by atoms with Crippen molar-refractivity contribution in [3.63, 3.8) is 0 Å². The molecule has 31 heavy (non-hydrogen) atoms. The molecule has 0 saturated heterocycles. The number of oxazole rings is 1. The van der Waals surface area contributed by atoms with E-state index in [2.05, 4.69) is 15.6 Å². The fourth-order valence-electron chi connectivity index (χ4n) is 3.39. The van der Waals surface area contributed by atoms with Gasteiger partial charge in [-0.15, -0.1) is 0 Å². The molecule has 0 aliphatic carbocycles. The highest BCUT2D eigenvalue weighted by atomic mass is 16.3. The van der Waals surface area contributed by atoms with Crippen LogP contribution in [0, 0.1) is 6.92 Å². The predicted octanol–water partition coefficient (Wildman–Crippen LogP) is 5.01. The van der Waals surface area contributed by atoms with Crippen molar-refractivity contribution in [3.8, 4) is 11.5 Å². The molecule has 0 aliphatic rings. The number of anilines is 1. The largest absolute Gasteiger partial charge is 0.436 e. The second-order valence-electron chi connectivity index (χ2n) is 7.48. The summed E-state index contributed by atoms with van der Waals surface area (Å²) in [6.07, 6.45) is 0.134. The first-order valence-electron chi connectivity index (χ1n) is 10.1. The molecule has 0 radical (unpaired) electrons. The molecular formula is C25H23N3O3. The molecule has 2 N–H and O–H groups in total. The lowest BCUT2D eigenvalue weighted by Gasteiger charge is -2.18. The van der Waals surface area contributed by atoms with Crippen molar-refractivity contribution in [2.24, 2.45) is 0 Å². The van der Waals surface area contributed by atoms with Crippen LogP contribution in [0.15, 0.2) is 77.2 Å². The van der Waals surface area contributed by atoms with E-state index < -0.39 is 6.04 Å². The van der Waals surface area contributed by atoms with E-state index in [1.54, 1.807) is 12.1 Å². The maximum absolute atomic E-state index is 12.6. The third-order valence-electron chi connectivity index (χ3n) is 4.96. The van der Waals surface area contributed by atoms with Crippen LogP contribution in [0.1, 0.15) is 30.5 Å². The van der Waals surface area contributed by atoms with Crippen LogP contribution in [0.3, 0.4) is 0 Å². The lowest BCUT2D eigenvalue weighted by atomic mass is 10.0. The molecule has 0 fully saturated rings. The predicted molar refractivity (Wildman–Crippen MR) is 120 cm³/mol. The third kappa shape index (κ3) is 4.98. The Bertz CT molecular complexity index is 1180. The van der Waals surface area contributed by atoms with Gasteiger partial charge < -0.3 is 15.1 Å². The molecule has 6 nitrogen and oxygen atoms in total. The van der Waals surface area contributed by atoms with Gasteiger partial charge in [0.05, 0.1) is 12.5 Å². The van der Waals surface area contributed by atoms with Gasteiger partial charge in [0.25, 0.3) is 0 Å². The number of carbonyl (C=O) groups excluding carboxylic acids is 2. The summed E-state index contributed by atoms with van der Waals surface area (Å²) in [7, 11) is 0. The molecule has 0 bridgehead atoms. The number of hydrogen-bond acceptors (Lipinski definition) is 4. The van der Waals surface area contributed by atoms with E-state index in [0.717, 1.165) is 27.8 Å². The molecule has 0 unspecified atom stereocenters. The topological polar surface area (TPSA) is 84.2 Å². The van der Waals surface area contributed by atoms with E-state index in [0.29, 0.717) is 11.6 Å². The average Bonchev–Trinajstić information content (AvgIpc) is 3.18. The van der Waals surface area contributed by atoms with Gasteiger partial charge >= 0.3 is 0 Å². The SMILES string of the molecule is CC(=O)N[C@@H](CC(=O)Nc1ccc(-c2nc3ccccc3o2)cc1)c1ccc(C)cc1. The number of aromatic nitrogens is 1. The maximum atomic E-state index is 12.6. The highest BCUT2D eigenvalue weighted by Gasteiger charge is 2.17. The van der Waals surface area contributed by atoms with E-state index in [1.807, 2.05) is 67.6 Å². The summed E-state index contributed by atoms with van der Waals surface area (Å²) in [5.74, 6) is 0.166. The summed E-state index contributed by atoms with van der Waals surface area (Å²) in [6, 6.07) is 22.3. The summed E-state index contributed by atoms with van der Waals surface area (Å²) >= 11 is 0. The minimum absolute atomic E-state index is 0.134. The molecule has 4 aromatic rings. The molecule has 6 heteroatoms. The molecule has 2 amide bonds. The van der Waals surface area contributed by atoms with Gasteiger partial charge in [0.15, 0.2) is 5.58 Å². The van der Waals surface area contributed by atoms with Crippen molar-refractivity contribution in [2.75, 3.05) is 5.32 Å². The van der Waals surface area contributed by atoms with Crippen molar-refractivity contribution in [2.45, 2.75) is 26.3 Å². The minimum atomic E-state index is -0.392. The van der Waals surface area contributed by atoms with Crippen LogP contribution >= 0.6 is 0 Å². The minimum Gasteiger partial charge on any atom is -0.436 e. The van der Waals surface area contributed by atoms with E-state index in [-0.39, 0.29) is 18.2 Å². The summed E-state index contributed by atoms with van der Waals surface area (Å²) in [5.41, 5.74) is 5.03. The van der Waals surface area contributed by atoms with Crippen LogP contribution in [0.5, 0.6) is 0 Å². The molecule has 1 aromatic heterocycles. The van der Waals surface area contributed by atoms with Gasteiger partial charge in [0.1, 0.15) is 5.52 Å². The Hall–Kier alpha value is -3.93. The zero-order valence-electron chi connectivity index (χ0n) is 17.4. The Labute approximate surface area is 180 Å². The molecule has 1 atom stereocenters. The van der Waals surface area contributed by atoms with Gasteiger partial charge in [-0.1, -0.05) is 42.0 Å². The van der Waals surface area contributed by atoms with Crippen molar-refractivity contribution in [3.05, 3.63) is 83.9 Å².